The zero-order valence-corrected chi connectivity index (χ0v) is 5.99. The van der Waals surface area contributed by atoms with Crippen LogP contribution in [-0.2, 0) is 11.8 Å². The first kappa shape index (κ1) is 11.0. The van der Waals surface area contributed by atoms with E-state index >= 15 is 0 Å². The molecule has 0 rings (SSSR count). The third kappa shape index (κ3) is 19500. The summed E-state index contributed by atoms with van der Waals surface area (Å²) in [6, 6.07) is 0. The maximum Gasteiger partial charge on any atom is 0.319 e. The minimum absolute atomic E-state index is 1.65. The molecule has 3 nitrogen and oxygen atoms in total. The molecule has 8 heavy (non-hydrogen) atoms. The standard InChI is InChI=1S/C3H4.H3O3PS/c1-3-2;1-4(2,3)5/h1H,2H3;(H3,1,2,3,5). The van der Waals surface area contributed by atoms with Crippen molar-refractivity contribution >= 4 is 18.5 Å². The average molecular weight is 154 g/mol. The molecule has 0 aromatic heterocycles. The van der Waals surface area contributed by atoms with E-state index in [2.05, 4.69) is 24.2 Å². The first-order valence-electron chi connectivity index (χ1n) is 1.57. The Bertz CT molecular complexity index is 113. The molecule has 0 bridgehead atoms. The van der Waals surface area contributed by atoms with Crippen molar-refractivity contribution < 1.29 is 14.7 Å². The van der Waals surface area contributed by atoms with Crippen LogP contribution in [0.15, 0.2) is 0 Å². The number of rotatable bonds is 0. The fourth-order valence-electron chi connectivity index (χ4n) is 0. The minimum atomic E-state index is -3.81. The lowest BCUT2D eigenvalue weighted by Gasteiger charge is -1.88. The second-order valence-corrected chi connectivity index (χ2v) is 3.30. The lowest BCUT2D eigenvalue weighted by atomic mass is 10.9. The van der Waals surface area contributed by atoms with Crippen molar-refractivity contribution in [2.75, 3.05) is 0 Å². The van der Waals surface area contributed by atoms with Crippen molar-refractivity contribution in [1.82, 2.24) is 0 Å². The van der Waals surface area contributed by atoms with E-state index in [0.29, 0.717) is 0 Å². The Balaban J connectivity index is 0. The molecule has 0 saturated carbocycles. The van der Waals surface area contributed by atoms with E-state index in [-0.39, 0.29) is 0 Å². The van der Waals surface area contributed by atoms with E-state index in [4.69, 9.17) is 14.7 Å². The molecule has 3 N–H and O–H groups in total. The van der Waals surface area contributed by atoms with Crippen LogP contribution in [0, 0.1) is 12.3 Å². The number of hydrogen-bond acceptors (Lipinski definition) is 1. The largest absolute Gasteiger partial charge is 0.325 e. The molecular formula is C3H7O3PS. The summed E-state index contributed by atoms with van der Waals surface area (Å²) >= 11 is 3.60. The van der Waals surface area contributed by atoms with Crippen molar-refractivity contribution in [3.8, 4) is 12.3 Å². The van der Waals surface area contributed by atoms with Gasteiger partial charge in [-0.25, -0.2) is 0 Å². The number of hydrogen-bond donors (Lipinski definition) is 3. The van der Waals surface area contributed by atoms with E-state index < -0.39 is 6.72 Å². The zero-order chi connectivity index (χ0) is 7.21. The van der Waals surface area contributed by atoms with Crippen LogP contribution < -0.4 is 0 Å². The summed E-state index contributed by atoms with van der Waals surface area (Å²) in [5.74, 6) is 2.25. The van der Waals surface area contributed by atoms with Gasteiger partial charge in [-0.1, -0.05) is 0 Å². The normalized spacial score (nSPS) is 8.38. The molecule has 0 heterocycles. The Morgan fingerprint density at radius 1 is 1.50 bits per heavy atom. The van der Waals surface area contributed by atoms with Crippen LogP contribution in [0.3, 0.4) is 0 Å². The molecule has 0 aliphatic carbocycles. The monoisotopic (exact) mass is 154 g/mol. The molecule has 48 valence electrons. The van der Waals surface area contributed by atoms with Gasteiger partial charge in [-0.3, -0.25) is 0 Å². The lowest BCUT2D eigenvalue weighted by molar-refractivity contribution is 0.363. The predicted molar refractivity (Wildman–Crippen MR) is 35.4 cm³/mol. The van der Waals surface area contributed by atoms with Gasteiger partial charge in [0, 0.05) is 0 Å². The van der Waals surface area contributed by atoms with Crippen molar-refractivity contribution in [2.24, 2.45) is 0 Å². The van der Waals surface area contributed by atoms with Crippen molar-refractivity contribution in [1.29, 1.82) is 0 Å². The molecule has 0 atom stereocenters. The smallest absolute Gasteiger partial charge is 0.319 e. The maximum absolute atomic E-state index is 7.56. The summed E-state index contributed by atoms with van der Waals surface area (Å²) < 4.78 is 0. The van der Waals surface area contributed by atoms with Gasteiger partial charge in [-0.05, 0) is 18.7 Å². The molecule has 0 saturated heterocycles. The predicted octanol–water partition coefficient (Wildman–Crippen LogP) is -0.173. The van der Waals surface area contributed by atoms with Crippen LogP contribution in [0.2, 0.25) is 0 Å². The van der Waals surface area contributed by atoms with Gasteiger partial charge in [0.05, 0.1) is 0 Å². The van der Waals surface area contributed by atoms with Gasteiger partial charge in [0.1, 0.15) is 0 Å². The maximum atomic E-state index is 7.56. The van der Waals surface area contributed by atoms with Gasteiger partial charge in [0.15, 0.2) is 0 Å². The Morgan fingerprint density at radius 3 is 1.50 bits per heavy atom. The zero-order valence-electron chi connectivity index (χ0n) is 4.27. The Hall–Kier alpha value is 0.0900. The van der Waals surface area contributed by atoms with Crippen LogP contribution in [0.1, 0.15) is 6.92 Å². The van der Waals surface area contributed by atoms with Gasteiger partial charge in [-0.15, -0.1) is 12.3 Å². The Morgan fingerprint density at radius 2 is 1.50 bits per heavy atom. The first-order chi connectivity index (χ1) is 3.41. The third-order valence-electron chi connectivity index (χ3n) is 0. The highest BCUT2D eigenvalue weighted by Gasteiger charge is 1.92. The summed E-state index contributed by atoms with van der Waals surface area (Å²) in [5, 5.41) is 0. The van der Waals surface area contributed by atoms with Crippen LogP contribution >= 0.6 is 6.72 Å². The SMILES string of the molecule is C#CC.OP(O)(O)=S. The van der Waals surface area contributed by atoms with Crippen LogP contribution in [-0.4, -0.2) is 14.7 Å². The molecule has 0 spiro atoms. The summed E-state index contributed by atoms with van der Waals surface area (Å²) in [7, 11) is 0. The fraction of sp³-hybridized carbons (Fsp3) is 0.333. The Kier molecular flexibility index (Phi) is 7.17. The van der Waals surface area contributed by atoms with Crippen LogP contribution in [0.4, 0.5) is 0 Å². The molecule has 0 amide bonds. The van der Waals surface area contributed by atoms with E-state index in [1.54, 1.807) is 6.92 Å². The van der Waals surface area contributed by atoms with Crippen LogP contribution in [0.5, 0.6) is 0 Å². The van der Waals surface area contributed by atoms with Crippen molar-refractivity contribution in [3.63, 3.8) is 0 Å². The molecule has 5 heteroatoms. The summed E-state index contributed by atoms with van der Waals surface area (Å²) in [6.45, 7) is -2.15. The first-order valence-corrected chi connectivity index (χ1v) is 4.23. The fourth-order valence-corrected chi connectivity index (χ4v) is 0. The van der Waals surface area contributed by atoms with Gasteiger partial charge in [0.25, 0.3) is 0 Å². The highest BCUT2D eigenvalue weighted by molar-refractivity contribution is 8.06. The summed E-state index contributed by atoms with van der Waals surface area (Å²) in [5.41, 5.74) is 0. The molecule has 0 fully saturated rings. The molecule has 0 aromatic carbocycles. The molecule has 0 aliphatic heterocycles. The van der Waals surface area contributed by atoms with Gasteiger partial charge < -0.3 is 14.7 Å². The quantitative estimate of drug-likeness (QED) is 0.335. The van der Waals surface area contributed by atoms with E-state index in [1.807, 2.05) is 0 Å². The molecule has 0 aliphatic rings. The van der Waals surface area contributed by atoms with Gasteiger partial charge in [0.2, 0.25) is 0 Å². The van der Waals surface area contributed by atoms with E-state index in [0.717, 1.165) is 0 Å². The molecule has 0 radical (unpaired) electrons. The molecular weight excluding hydrogens is 147 g/mol. The molecule has 0 aromatic rings. The van der Waals surface area contributed by atoms with Crippen molar-refractivity contribution in [2.45, 2.75) is 6.92 Å². The minimum Gasteiger partial charge on any atom is -0.325 e. The second-order valence-electron chi connectivity index (χ2n) is 0.802. The lowest BCUT2D eigenvalue weighted by Crippen LogP contribution is -1.65. The van der Waals surface area contributed by atoms with E-state index in [9.17, 15) is 0 Å². The summed E-state index contributed by atoms with van der Waals surface area (Å²) in [6.07, 6.45) is 4.60. The van der Waals surface area contributed by atoms with Gasteiger partial charge >= 0.3 is 6.72 Å². The van der Waals surface area contributed by atoms with Crippen LogP contribution in [0.25, 0.3) is 0 Å². The molecule has 0 unspecified atom stereocenters. The van der Waals surface area contributed by atoms with Gasteiger partial charge in [-0.2, -0.15) is 0 Å². The average Bonchev–Trinajstić information content (AvgIpc) is 1.27. The third-order valence-corrected chi connectivity index (χ3v) is 0. The summed E-state index contributed by atoms with van der Waals surface area (Å²) in [4.78, 5) is 22.7. The Labute approximate surface area is 53.2 Å². The van der Waals surface area contributed by atoms with E-state index in [1.165, 1.54) is 0 Å². The second kappa shape index (κ2) is 5.23. The van der Waals surface area contributed by atoms with Crippen molar-refractivity contribution in [3.05, 3.63) is 0 Å². The number of terminal acetylenes is 1. The highest BCUT2D eigenvalue weighted by atomic mass is 32.5. The highest BCUT2D eigenvalue weighted by Crippen LogP contribution is 2.26. The topological polar surface area (TPSA) is 60.7 Å².